The van der Waals surface area contributed by atoms with Gasteiger partial charge in [0.1, 0.15) is 11.4 Å². The van der Waals surface area contributed by atoms with Crippen LogP contribution in [0.5, 0.6) is 11.6 Å². The van der Waals surface area contributed by atoms with Gasteiger partial charge in [-0.1, -0.05) is 30.3 Å². The van der Waals surface area contributed by atoms with Crippen molar-refractivity contribution < 1.29 is 9.47 Å². The van der Waals surface area contributed by atoms with Crippen LogP contribution in [0.2, 0.25) is 0 Å². The van der Waals surface area contributed by atoms with Crippen molar-refractivity contribution in [1.82, 2.24) is 9.97 Å². The van der Waals surface area contributed by atoms with Gasteiger partial charge in [-0.2, -0.15) is 0 Å². The van der Waals surface area contributed by atoms with E-state index in [0.29, 0.717) is 11.6 Å². The summed E-state index contributed by atoms with van der Waals surface area (Å²) in [6.07, 6.45) is 3.88. The van der Waals surface area contributed by atoms with E-state index in [1.807, 2.05) is 60.7 Å². The molecule has 4 heteroatoms. The topological polar surface area (TPSA) is 44.2 Å². The van der Waals surface area contributed by atoms with E-state index < -0.39 is 0 Å². The molecule has 0 aliphatic carbocycles. The summed E-state index contributed by atoms with van der Waals surface area (Å²) < 4.78 is 10.5. The van der Waals surface area contributed by atoms with Crippen molar-refractivity contribution in [3.05, 3.63) is 59.8 Å². The highest BCUT2D eigenvalue weighted by atomic mass is 16.5. The van der Waals surface area contributed by atoms with Crippen LogP contribution in [0.3, 0.4) is 0 Å². The lowest BCUT2D eigenvalue weighted by atomic mass is 10.2. The third kappa shape index (κ3) is 2.91. The second kappa shape index (κ2) is 6.26. The molecule has 3 rings (SSSR count). The van der Waals surface area contributed by atoms with Crippen molar-refractivity contribution in [2.24, 2.45) is 0 Å². The molecule has 0 spiro atoms. The largest absolute Gasteiger partial charge is 0.497 e. The fourth-order valence-electron chi connectivity index (χ4n) is 2.15. The quantitative estimate of drug-likeness (QED) is 0.733. The predicted molar refractivity (Wildman–Crippen MR) is 88.0 cm³/mol. The monoisotopic (exact) mass is 292 g/mol. The summed E-state index contributed by atoms with van der Waals surface area (Å²) in [5.41, 5.74) is 3.42. The van der Waals surface area contributed by atoms with Gasteiger partial charge in [0.25, 0.3) is 0 Å². The molecule has 22 heavy (non-hydrogen) atoms. The van der Waals surface area contributed by atoms with Gasteiger partial charge in [0, 0.05) is 0 Å². The maximum absolute atomic E-state index is 5.33. The van der Waals surface area contributed by atoms with E-state index in [0.717, 1.165) is 22.3 Å². The van der Waals surface area contributed by atoms with Crippen molar-refractivity contribution >= 4 is 23.2 Å². The van der Waals surface area contributed by atoms with Gasteiger partial charge in [0.15, 0.2) is 0 Å². The molecule has 1 heterocycles. The van der Waals surface area contributed by atoms with Crippen LogP contribution in [-0.4, -0.2) is 24.2 Å². The van der Waals surface area contributed by atoms with Crippen molar-refractivity contribution in [2.45, 2.75) is 0 Å². The number of para-hydroxylation sites is 2. The average molecular weight is 292 g/mol. The van der Waals surface area contributed by atoms with Crippen molar-refractivity contribution in [3.8, 4) is 11.6 Å². The smallest absolute Gasteiger partial charge is 0.240 e. The highest BCUT2D eigenvalue weighted by Gasteiger charge is 2.06. The minimum atomic E-state index is 0.517. The molecule has 0 amide bonds. The Morgan fingerprint density at radius 3 is 2.09 bits per heavy atom. The first-order valence-electron chi connectivity index (χ1n) is 6.93. The SMILES string of the molecule is COc1ccc(/C=C/c2nc3ccccc3nc2OC)cc1. The van der Waals surface area contributed by atoms with E-state index in [1.54, 1.807) is 14.2 Å². The number of hydrogen-bond acceptors (Lipinski definition) is 4. The van der Waals surface area contributed by atoms with Crippen LogP contribution in [-0.2, 0) is 0 Å². The minimum absolute atomic E-state index is 0.517. The maximum atomic E-state index is 5.33. The molecule has 0 saturated heterocycles. The number of aromatic nitrogens is 2. The van der Waals surface area contributed by atoms with Crippen LogP contribution in [0.15, 0.2) is 48.5 Å². The predicted octanol–water partition coefficient (Wildman–Crippen LogP) is 3.82. The van der Waals surface area contributed by atoms with E-state index in [1.165, 1.54) is 0 Å². The Morgan fingerprint density at radius 1 is 0.773 bits per heavy atom. The number of fused-ring (bicyclic) bond motifs is 1. The molecule has 0 bridgehead atoms. The lowest BCUT2D eigenvalue weighted by molar-refractivity contribution is 0.396. The number of ether oxygens (including phenoxy) is 2. The fourth-order valence-corrected chi connectivity index (χ4v) is 2.15. The Morgan fingerprint density at radius 2 is 1.45 bits per heavy atom. The molecule has 0 N–H and O–H groups in total. The summed E-state index contributed by atoms with van der Waals surface area (Å²) >= 11 is 0. The highest BCUT2D eigenvalue weighted by Crippen LogP contribution is 2.21. The number of rotatable bonds is 4. The lowest BCUT2D eigenvalue weighted by Crippen LogP contribution is -1.95. The molecule has 110 valence electrons. The average Bonchev–Trinajstić information content (AvgIpc) is 2.59. The zero-order valence-electron chi connectivity index (χ0n) is 12.5. The normalized spacial score (nSPS) is 11.0. The molecule has 0 saturated carbocycles. The van der Waals surface area contributed by atoms with E-state index in [-0.39, 0.29) is 0 Å². The van der Waals surface area contributed by atoms with Crippen LogP contribution in [0.1, 0.15) is 11.3 Å². The second-order valence-electron chi connectivity index (χ2n) is 4.71. The van der Waals surface area contributed by atoms with Crippen LogP contribution >= 0.6 is 0 Å². The summed E-state index contributed by atoms with van der Waals surface area (Å²) in [5, 5.41) is 0. The van der Waals surface area contributed by atoms with Gasteiger partial charge in [-0.25, -0.2) is 9.97 Å². The number of methoxy groups -OCH3 is 2. The van der Waals surface area contributed by atoms with Crippen molar-refractivity contribution in [1.29, 1.82) is 0 Å². The third-order valence-corrected chi connectivity index (χ3v) is 3.31. The Bertz CT molecular complexity index is 811. The molecule has 0 unspecified atom stereocenters. The highest BCUT2D eigenvalue weighted by molar-refractivity contribution is 5.78. The van der Waals surface area contributed by atoms with Crippen molar-refractivity contribution in [2.75, 3.05) is 14.2 Å². The molecule has 2 aromatic carbocycles. The molecule has 4 nitrogen and oxygen atoms in total. The summed E-state index contributed by atoms with van der Waals surface area (Å²) in [5.74, 6) is 1.35. The molecule has 0 radical (unpaired) electrons. The molecular weight excluding hydrogens is 276 g/mol. The van der Waals surface area contributed by atoms with Gasteiger partial charge in [-0.15, -0.1) is 0 Å². The summed E-state index contributed by atoms with van der Waals surface area (Å²) in [7, 11) is 3.25. The Balaban J connectivity index is 1.95. The standard InChI is InChI=1S/C18H16N2O2/c1-21-14-10-7-13(8-11-14)9-12-17-18(22-2)20-16-6-4-3-5-15(16)19-17/h3-12H,1-2H3/b12-9+. The molecule has 0 fully saturated rings. The zero-order chi connectivity index (χ0) is 15.4. The maximum Gasteiger partial charge on any atom is 0.240 e. The van der Waals surface area contributed by atoms with Crippen LogP contribution in [0.4, 0.5) is 0 Å². The molecular formula is C18H16N2O2. The number of hydrogen-bond donors (Lipinski definition) is 0. The van der Waals surface area contributed by atoms with Gasteiger partial charge < -0.3 is 9.47 Å². The first kappa shape index (κ1) is 14.1. The first-order chi connectivity index (χ1) is 10.8. The summed E-state index contributed by atoms with van der Waals surface area (Å²) in [6, 6.07) is 15.5. The van der Waals surface area contributed by atoms with Gasteiger partial charge in [-0.05, 0) is 35.9 Å². The van der Waals surface area contributed by atoms with E-state index in [9.17, 15) is 0 Å². The Kier molecular flexibility index (Phi) is 4.01. The Hall–Kier alpha value is -2.88. The van der Waals surface area contributed by atoms with Crippen LogP contribution < -0.4 is 9.47 Å². The molecule has 0 aliphatic rings. The molecule has 0 atom stereocenters. The van der Waals surface area contributed by atoms with E-state index in [4.69, 9.17) is 9.47 Å². The first-order valence-corrected chi connectivity index (χ1v) is 6.93. The van der Waals surface area contributed by atoms with Gasteiger partial charge in [-0.3, -0.25) is 0 Å². The Labute approximate surface area is 129 Å². The zero-order valence-corrected chi connectivity index (χ0v) is 12.5. The molecule has 1 aromatic heterocycles. The second-order valence-corrected chi connectivity index (χ2v) is 4.71. The summed E-state index contributed by atoms with van der Waals surface area (Å²) in [4.78, 5) is 9.07. The molecule has 3 aromatic rings. The van der Waals surface area contributed by atoms with E-state index >= 15 is 0 Å². The number of benzene rings is 2. The van der Waals surface area contributed by atoms with Crippen LogP contribution in [0.25, 0.3) is 23.2 Å². The van der Waals surface area contributed by atoms with Gasteiger partial charge in [0.05, 0.1) is 25.3 Å². The minimum Gasteiger partial charge on any atom is -0.497 e. The summed E-state index contributed by atoms with van der Waals surface area (Å²) in [6.45, 7) is 0. The fraction of sp³-hybridized carbons (Fsp3) is 0.111. The van der Waals surface area contributed by atoms with Crippen LogP contribution in [0, 0.1) is 0 Å². The van der Waals surface area contributed by atoms with E-state index in [2.05, 4.69) is 9.97 Å². The number of nitrogens with zero attached hydrogens (tertiary/aromatic N) is 2. The van der Waals surface area contributed by atoms with Gasteiger partial charge in [0.2, 0.25) is 5.88 Å². The third-order valence-electron chi connectivity index (χ3n) is 3.31. The van der Waals surface area contributed by atoms with Crippen molar-refractivity contribution in [3.63, 3.8) is 0 Å². The lowest BCUT2D eigenvalue weighted by Gasteiger charge is -2.05. The van der Waals surface area contributed by atoms with Gasteiger partial charge >= 0.3 is 0 Å². The molecule has 0 aliphatic heterocycles.